The molecule has 0 unspecified atom stereocenters. The Hall–Kier alpha value is -1.41. The van der Waals surface area contributed by atoms with Crippen LogP contribution in [0.3, 0.4) is 0 Å². The molecule has 1 aromatic carbocycles. The second-order valence-corrected chi connectivity index (χ2v) is 3.87. The second-order valence-electron chi connectivity index (χ2n) is 3.51. The predicted octanol–water partition coefficient (Wildman–Crippen LogP) is 3.41. The van der Waals surface area contributed by atoms with E-state index in [0.29, 0.717) is 5.15 Å². The minimum absolute atomic E-state index is 0.450. The zero-order chi connectivity index (χ0) is 10.8. The largest absolute Gasteiger partial charge is 0.251 e. The summed E-state index contributed by atoms with van der Waals surface area (Å²) in [6.45, 7) is 4.09. The Balaban J connectivity index is 2.64. The van der Waals surface area contributed by atoms with Gasteiger partial charge in [-0.25, -0.2) is 4.98 Å². The van der Waals surface area contributed by atoms with Gasteiger partial charge in [0.15, 0.2) is 5.15 Å². The van der Waals surface area contributed by atoms with Crippen molar-refractivity contribution in [2.45, 2.75) is 13.8 Å². The fourth-order valence-electron chi connectivity index (χ4n) is 1.49. The Morgan fingerprint density at radius 3 is 2.53 bits per heavy atom. The molecular weight excluding hydrogens is 208 g/mol. The fourth-order valence-corrected chi connectivity index (χ4v) is 1.70. The lowest BCUT2D eigenvalue weighted by Crippen LogP contribution is -1.90. The highest BCUT2D eigenvalue weighted by molar-refractivity contribution is 6.31. The molecule has 1 aromatic heterocycles. The normalized spacial score (nSPS) is 10.3. The standard InChI is InChI=1S/C12H11ClN2/c1-8-3-4-9(2)10(7-8)11-12(13)15-6-5-14-11/h3-7H,1-2H3. The van der Waals surface area contributed by atoms with Gasteiger partial charge in [-0.2, -0.15) is 0 Å². The molecule has 0 atom stereocenters. The molecule has 0 N–H and O–H groups in total. The minimum Gasteiger partial charge on any atom is -0.251 e. The highest BCUT2D eigenvalue weighted by Crippen LogP contribution is 2.27. The lowest BCUT2D eigenvalue weighted by molar-refractivity contribution is 1.20. The van der Waals surface area contributed by atoms with Crippen molar-refractivity contribution in [3.05, 3.63) is 46.9 Å². The van der Waals surface area contributed by atoms with Gasteiger partial charge in [0.05, 0.1) is 0 Å². The molecule has 2 rings (SSSR count). The van der Waals surface area contributed by atoms with E-state index < -0.39 is 0 Å². The van der Waals surface area contributed by atoms with Gasteiger partial charge < -0.3 is 0 Å². The maximum atomic E-state index is 6.01. The molecule has 3 heteroatoms. The molecule has 76 valence electrons. The molecular formula is C12H11ClN2. The third-order valence-electron chi connectivity index (χ3n) is 2.30. The van der Waals surface area contributed by atoms with Crippen molar-refractivity contribution in [1.82, 2.24) is 9.97 Å². The van der Waals surface area contributed by atoms with Gasteiger partial charge in [-0.3, -0.25) is 4.98 Å². The van der Waals surface area contributed by atoms with Gasteiger partial charge in [-0.1, -0.05) is 29.3 Å². The van der Waals surface area contributed by atoms with E-state index in [9.17, 15) is 0 Å². The van der Waals surface area contributed by atoms with Crippen molar-refractivity contribution >= 4 is 11.6 Å². The van der Waals surface area contributed by atoms with Crippen molar-refractivity contribution in [1.29, 1.82) is 0 Å². The van der Waals surface area contributed by atoms with Gasteiger partial charge in [0.1, 0.15) is 5.69 Å². The molecule has 0 saturated heterocycles. The lowest BCUT2D eigenvalue weighted by atomic mass is 10.0. The Bertz CT molecular complexity index is 495. The van der Waals surface area contributed by atoms with E-state index in [1.807, 2.05) is 13.8 Å². The predicted molar refractivity (Wildman–Crippen MR) is 62.0 cm³/mol. The summed E-state index contributed by atoms with van der Waals surface area (Å²) in [7, 11) is 0. The molecule has 0 radical (unpaired) electrons. The van der Waals surface area contributed by atoms with Crippen LogP contribution < -0.4 is 0 Å². The van der Waals surface area contributed by atoms with Crippen molar-refractivity contribution in [2.24, 2.45) is 0 Å². The summed E-state index contributed by atoms with van der Waals surface area (Å²) in [6, 6.07) is 6.21. The summed E-state index contributed by atoms with van der Waals surface area (Å²) in [5.41, 5.74) is 4.15. The van der Waals surface area contributed by atoms with Gasteiger partial charge in [-0.05, 0) is 25.5 Å². The summed E-state index contributed by atoms with van der Waals surface area (Å²) in [5.74, 6) is 0. The SMILES string of the molecule is Cc1ccc(C)c(-c2nccnc2Cl)c1. The van der Waals surface area contributed by atoms with Crippen LogP contribution in [0.25, 0.3) is 11.3 Å². The van der Waals surface area contributed by atoms with E-state index in [4.69, 9.17) is 11.6 Å². The van der Waals surface area contributed by atoms with E-state index in [1.165, 1.54) is 5.56 Å². The summed E-state index contributed by atoms with van der Waals surface area (Å²) < 4.78 is 0. The third-order valence-corrected chi connectivity index (χ3v) is 2.58. The van der Waals surface area contributed by atoms with Crippen molar-refractivity contribution in [3.63, 3.8) is 0 Å². The van der Waals surface area contributed by atoms with Gasteiger partial charge >= 0.3 is 0 Å². The van der Waals surface area contributed by atoms with E-state index >= 15 is 0 Å². The summed E-state index contributed by atoms with van der Waals surface area (Å²) in [6.07, 6.45) is 3.25. The molecule has 0 aliphatic heterocycles. The van der Waals surface area contributed by atoms with Crippen molar-refractivity contribution < 1.29 is 0 Å². The molecule has 2 aromatic rings. The molecule has 0 aliphatic rings. The molecule has 0 amide bonds. The molecule has 2 nitrogen and oxygen atoms in total. The maximum absolute atomic E-state index is 6.01. The molecule has 0 bridgehead atoms. The van der Waals surface area contributed by atoms with E-state index in [1.54, 1.807) is 12.4 Å². The Labute approximate surface area is 94.0 Å². The van der Waals surface area contributed by atoms with Crippen molar-refractivity contribution in [2.75, 3.05) is 0 Å². The van der Waals surface area contributed by atoms with Gasteiger partial charge in [0, 0.05) is 18.0 Å². The first-order valence-electron chi connectivity index (χ1n) is 4.72. The van der Waals surface area contributed by atoms with Crippen LogP contribution in [0, 0.1) is 13.8 Å². The molecule has 1 heterocycles. The van der Waals surface area contributed by atoms with E-state index in [0.717, 1.165) is 16.8 Å². The van der Waals surface area contributed by atoms with E-state index in [-0.39, 0.29) is 0 Å². The number of rotatable bonds is 1. The number of aryl methyl sites for hydroxylation is 2. The average molecular weight is 219 g/mol. The first kappa shape index (κ1) is 10.1. The smallest absolute Gasteiger partial charge is 0.155 e. The molecule has 15 heavy (non-hydrogen) atoms. The number of halogens is 1. The molecule has 0 fully saturated rings. The van der Waals surface area contributed by atoms with Gasteiger partial charge in [0.2, 0.25) is 0 Å². The van der Waals surface area contributed by atoms with Crippen molar-refractivity contribution in [3.8, 4) is 11.3 Å². The van der Waals surface area contributed by atoms with Crippen LogP contribution in [0.2, 0.25) is 5.15 Å². The molecule has 0 spiro atoms. The van der Waals surface area contributed by atoms with Crippen LogP contribution in [0.1, 0.15) is 11.1 Å². The highest BCUT2D eigenvalue weighted by Gasteiger charge is 2.08. The third kappa shape index (κ3) is 2.00. The number of aromatic nitrogens is 2. The van der Waals surface area contributed by atoms with Crippen LogP contribution in [0.5, 0.6) is 0 Å². The number of hydrogen-bond donors (Lipinski definition) is 0. The average Bonchev–Trinajstić information content (AvgIpc) is 2.23. The second kappa shape index (κ2) is 3.99. The Morgan fingerprint density at radius 2 is 1.80 bits per heavy atom. The van der Waals surface area contributed by atoms with E-state index in [2.05, 4.69) is 28.2 Å². The Morgan fingerprint density at radius 1 is 1.07 bits per heavy atom. The Kier molecular flexibility index (Phi) is 2.69. The summed E-state index contributed by atoms with van der Waals surface area (Å²) >= 11 is 6.01. The quantitative estimate of drug-likeness (QED) is 0.733. The highest BCUT2D eigenvalue weighted by atomic mass is 35.5. The fraction of sp³-hybridized carbons (Fsp3) is 0.167. The van der Waals surface area contributed by atoms with Crippen LogP contribution in [0.4, 0.5) is 0 Å². The monoisotopic (exact) mass is 218 g/mol. The number of nitrogens with zero attached hydrogens (tertiary/aromatic N) is 2. The van der Waals surface area contributed by atoms with Crippen LogP contribution >= 0.6 is 11.6 Å². The van der Waals surface area contributed by atoms with Crippen LogP contribution in [-0.2, 0) is 0 Å². The number of benzene rings is 1. The van der Waals surface area contributed by atoms with Crippen LogP contribution in [-0.4, -0.2) is 9.97 Å². The van der Waals surface area contributed by atoms with Crippen LogP contribution in [0.15, 0.2) is 30.6 Å². The first-order chi connectivity index (χ1) is 7.18. The number of hydrogen-bond acceptors (Lipinski definition) is 2. The lowest BCUT2D eigenvalue weighted by Gasteiger charge is -2.06. The summed E-state index contributed by atoms with van der Waals surface area (Å²) in [5, 5.41) is 0.450. The minimum atomic E-state index is 0.450. The topological polar surface area (TPSA) is 25.8 Å². The molecule has 0 aliphatic carbocycles. The maximum Gasteiger partial charge on any atom is 0.155 e. The molecule has 0 saturated carbocycles. The zero-order valence-electron chi connectivity index (χ0n) is 8.66. The first-order valence-corrected chi connectivity index (χ1v) is 5.10. The van der Waals surface area contributed by atoms with Gasteiger partial charge in [0.25, 0.3) is 0 Å². The zero-order valence-corrected chi connectivity index (χ0v) is 9.42. The van der Waals surface area contributed by atoms with Gasteiger partial charge in [-0.15, -0.1) is 0 Å². The summed E-state index contributed by atoms with van der Waals surface area (Å²) in [4.78, 5) is 8.29.